The number of guanidine groups is 1. The summed E-state index contributed by atoms with van der Waals surface area (Å²) in [6.07, 6.45) is -0.0417. The van der Waals surface area contributed by atoms with Crippen LogP contribution in [0.15, 0.2) is 34.6 Å². The van der Waals surface area contributed by atoms with Crippen LogP contribution in [-0.2, 0) is 9.59 Å². The zero-order valence-corrected chi connectivity index (χ0v) is 14.5. The number of hydrazine groups is 1. The minimum atomic E-state index is -0.797. The van der Waals surface area contributed by atoms with Crippen LogP contribution in [0.1, 0.15) is 25.8 Å². The van der Waals surface area contributed by atoms with Gasteiger partial charge in [-0.05, 0) is 38.0 Å². The van der Waals surface area contributed by atoms with Gasteiger partial charge in [-0.1, -0.05) is 0 Å². The fraction of sp³-hybridized carbons (Fsp3) is 0.312. The summed E-state index contributed by atoms with van der Waals surface area (Å²) in [4.78, 5) is 39.2. The van der Waals surface area contributed by atoms with Gasteiger partial charge in [0.05, 0.1) is 11.3 Å². The van der Waals surface area contributed by atoms with Gasteiger partial charge < -0.3 is 5.32 Å². The first-order valence-corrected chi connectivity index (χ1v) is 7.94. The molecule has 10 nitrogen and oxygen atoms in total. The van der Waals surface area contributed by atoms with Crippen LogP contribution in [0.2, 0.25) is 0 Å². The number of non-ortho nitro benzene ring substituents is 1. The maximum Gasteiger partial charge on any atom is 0.269 e. The summed E-state index contributed by atoms with van der Waals surface area (Å²) in [6, 6.07) is 3.38. The molecule has 26 heavy (non-hydrogen) atoms. The van der Waals surface area contributed by atoms with E-state index in [1.165, 1.54) is 23.2 Å². The van der Waals surface area contributed by atoms with Gasteiger partial charge in [-0.2, -0.15) is 4.99 Å². The smallest absolute Gasteiger partial charge is 0.269 e. The fourth-order valence-corrected chi connectivity index (χ4v) is 2.66. The standard InChI is InChI=1S/C16H18N6O4/c1-8(2)14-19-16-18-13(23)7-12(21(16)20-14)15(24)17-11-5-4-10(22(25)26)6-9(11)3/h4-6,12,20H,7H2,1-3H3,(H,17,24)(H,18,19,23). The highest BCUT2D eigenvalue weighted by Crippen LogP contribution is 2.23. The van der Waals surface area contributed by atoms with E-state index in [1.807, 2.05) is 13.8 Å². The summed E-state index contributed by atoms with van der Waals surface area (Å²) >= 11 is 0. The normalized spacial score (nSPS) is 18.5. The summed E-state index contributed by atoms with van der Waals surface area (Å²) in [7, 11) is 0. The SMILES string of the molecule is CC(C)=C1N=C2NC(=O)CC(C(=O)Nc3ccc([N+](=O)[O-])cc3C)N2N1. The van der Waals surface area contributed by atoms with Crippen molar-refractivity contribution in [3.8, 4) is 0 Å². The molecule has 0 aromatic heterocycles. The topological polar surface area (TPSA) is 129 Å². The summed E-state index contributed by atoms with van der Waals surface area (Å²) in [6.45, 7) is 5.39. The second kappa shape index (κ2) is 6.47. The number of benzene rings is 1. The Kier molecular flexibility index (Phi) is 4.33. The Morgan fingerprint density at radius 2 is 2.15 bits per heavy atom. The molecule has 0 radical (unpaired) electrons. The van der Waals surface area contributed by atoms with Crippen molar-refractivity contribution in [2.45, 2.75) is 33.2 Å². The van der Waals surface area contributed by atoms with Crippen molar-refractivity contribution in [3.05, 3.63) is 45.3 Å². The Morgan fingerprint density at radius 1 is 1.42 bits per heavy atom. The Morgan fingerprint density at radius 3 is 2.77 bits per heavy atom. The van der Waals surface area contributed by atoms with Crippen molar-refractivity contribution in [1.82, 2.24) is 15.8 Å². The third-order valence-corrected chi connectivity index (χ3v) is 4.07. The third kappa shape index (κ3) is 3.21. The van der Waals surface area contributed by atoms with Crippen LogP contribution >= 0.6 is 0 Å². The number of hydrogen-bond acceptors (Lipinski definition) is 7. The number of fused-ring (bicyclic) bond motifs is 1. The number of nitro benzene ring substituents is 1. The predicted octanol–water partition coefficient (Wildman–Crippen LogP) is 1.16. The number of rotatable bonds is 3. The molecule has 2 amide bonds. The zero-order valence-electron chi connectivity index (χ0n) is 14.5. The van der Waals surface area contributed by atoms with Gasteiger partial charge in [0.2, 0.25) is 17.8 Å². The van der Waals surface area contributed by atoms with Crippen molar-refractivity contribution in [2.75, 3.05) is 5.32 Å². The van der Waals surface area contributed by atoms with Gasteiger partial charge in [0.1, 0.15) is 11.9 Å². The van der Waals surface area contributed by atoms with E-state index in [2.05, 4.69) is 21.1 Å². The molecule has 1 aromatic carbocycles. The number of anilines is 1. The lowest BCUT2D eigenvalue weighted by Crippen LogP contribution is -2.61. The molecule has 1 aromatic rings. The van der Waals surface area contributed by atoms with E-state index in [4.69, 9.17) is 0 Å². The van der Waals surface area contributed by atoms with E-state index >= 15 is 0 Å². The van der Waals surface area contributed by atoms with E-state index in [9.17, 15) is 19.7 Å². The molecule has 0 bridgehead atoms. The van der Waals surface area contributed by atoms with Gasteiger partial charge in [0, 0.05) is 17.8 Å². The van der Waals surface area contributed by atoms with E-state index in [1.54, 1.807) is 6.92 Å². The van der Waals surface area contributed by atoms with Crippen LogP contribution < -0.4 is 16.1 Å². The summed E-state index contributed by atoms with van der Waals surface area (Å²) in [5, 5.41) is 17.7. The van der Waals surface area contributed by atoms with E-state index < -0.39 is 16.9 Å². The lowest BCUT2D eigenvalue weighted by atomic mass is 10.1. The molecule has 10 heteroatoms. The maximum atomic E-state index is 12.7. The largest absolute Gasteiger partial charge is 0.324 e. The third-order valence-electron chi connectivity index (χ3n) is 4.07. The summed E-state index contributed by atoms with van der Waals surface area (Å²) in [5.74, 6) is 0.133. The molecule has 2 aliphatic rings. The molecule has 0 saturated carbocycles. The first-order chi connectivity index (χ1) is 12.3. The monoisotopic (exact) mass is 358 g/mol. The Balaban J connectivity index is 1.81. The van der Waals surface area contributed by atoms with Gasteiger partial charge in [-0.15, -0.1) is 0 Å². The van der Waals surface area contributed by atoms with Crippen LogP contribution in [0.3, 0.4) is 0 Å². The first-order valence-electron chi connectivity index (χ1n) is 7.94. The Bertz CT molecular complexity index is 871. The van der Waals surface area contributed by atoms with Crippen molar-refractivity contribution in [3.63, 3.8) is 0 Å². The van der Waals surface area contributed by atoms with Crippen LogP contribution in [-0.4, -0.2) is 33.7 Å². The van der Waals surface area contributed by atoms with Crippen molar-refractivity contribution in [2.24, 2.45) is 4.99 Å². The number of carbonyl (C=O) groups is 2. The van der Waals surface area contributed by atoms with Crippen molar-refractivity contribution >= 4 is 29.1 Å². The molecule has 2 heterocycles. The van der Waals surface area contributed by atoms with Crippen LogP contribution in [0.5, 0.6) is 0 Å². The number of allylic oxidation sites excluding steroid dienone is 1. The van der Waals surface area contributed by atoms with Gasteiger partial charge >= 0.3 is 0 Å². The molecule has 0 aliphatic carbocycles. The lowest BCUT2D eigenvalue weighted by Gasteiger charge is -2.32. The molecule has 136 valence electrons. The molecule has 2 aliphatic heterocycles. The van der Waals surface area contributed by atoms with E-state index in [0.29, 0.717) is 17.1 Å². The number of carbonyl (C=O) groups excluding carboxylic acids is 2. The molecule has 0 spiro atoms. The summed E-state index contributed by atoms with van der Waals surface area (Å²) < 4.78 is 0. The highest BCUT2D eigenvalue weighted by Gasteiger charge is 2.39. The number of hydrogen-bond donors (Lipinski definition) is 3. The highest BCUT2D eigenvalue weighted by atomic mass is 16.6. The minimum absolute atomic E-state index is 0.0417. The number of nitrogens with zero attached hydrogens (tertiary/aromatic N) is 3. The van der Waals surface area contributed by atoms with Crippen molar-refractivity contribution in [1.29, 1.82) is 0 Å². The molecule has 3 N–H and O–H groups in total. The molecule has 1 saturated heterocycles. The van der Waals surface area contributed by atoms with Gasteiger partial charge in [-0.3, -0.25) is 30.4 Å². The van der Waals surface area contributed by atoms with Crippen molar-refractivity contribution < 1.29 is 14.5 Å². The van der Waals surface area contributed by atoms with Crippen LogP contribution in [0.25, 0.3) is 0 Å². The molecule has 1 unspecified atom stereocenters. The number of nitrogens with one attached hydrogen (secondary N) is 3. The zero-order chi connectivity index (χ0) is 19.0. The fourth-order valence-electron chi connectivity index (χ4n) is 2.66. The molecular weight excluding hydrogens is 340 g/mol. The maximum absolute atomic E-state index is 12.7. The average Bonchev–Trinajstić information content (AvgIpc) is 2.99. The van der Waals surface area contributed by atoms with Gasteiger partial charge in [0.15, 0.2) is 0 Å². The molecule has 1 fully saturated rings. The minimum Gasteiger partial charge on any atom is -0.324 e. The highest BCUT2D eigenvalue weighted by molar-refractivity contribution is 6.07. The van der Waals surface area contributed by atoms with Crippen LogP contribution in [0, 0.1) is 17.0 Å². The van der Waals surface area contributed by atoms with Crippen LogP contribution in [0.4, 0.5) is 11.4 Å². The quantitative estimate of drug-likeness (QED) is 0.549. The summed E-state index contributed by atoms with van der Waals surface area (Å²) in [5.41, 5.74) is 4.87. The Labute approximate surface area is 149 Å². The second-order valence-electron chi connectivity index (χ2n) is 6.28. The molecule has 3 rings (SSSR count). The lowest BCUT2D eigenvalue weighted by molar-refractivity contribution is -0.384. The number of aliphatic imine (C=N–C) groups is 1. The predicted molar refractivity (Wildman–Crippen MR) is 93.8 cm³/mol. The van der Waals surface area contributed by atoms with E-state index in [0.717, 1.165) is 5.57 Å². The molecule has 1 atom stereocenters. The van der Waals surface area contributed by atoms with Gasteiger partial charge in [-0.25, -0.2) is 5.01 Å². The second-order valence-corrected chi connectivity index (χ2v) is 6.28. The first kappa shape index (κ1) is 17.4. The number of aryl methyl sites for hydroxylation is 1. The molecular formula is C16H18N6O4. The van der Waals surface area contributed by atoms with Gasteiger partial charge in [0.25, 0.3) is 5.69 Å². The number of nitro groups is 1. The number of amides is 2. The van der Waals surface area contributed by atoms with E-state index in [-0.39, 0.29) is 24.0 Å². The average molecular weight is 358 g/mol. The Hall–Kier alpha value is -3.43.